The van der Waals surface area contributed by atoms with E-state index < -0.39 is 6.10 Å². The lowest BCUT2D eigenvalue weighted by Gasteiger charge is -2.18. The highest BCUT2D eigenvalue weighted by Gasteiger charge is 2.19. The molecule has 0 fully saturated rings. The summed E-state index contributed by atoms with van der Waals surface area (Å²) in [6.45, 7) is 6.60. The lowest BCUT2D eigenvalue weighted by molar-refractivity contribution is -0.167. The van der Waals surface area contributed by atoms with Crippen LogP contribution in [0.15, 0.2) is 36.5 Å². The zero-order valence-electron chi connectivity index (χ0n) is 54.8. The lowest BCUT2D eigenvalue weighted by atomic mass is 10.0. The molecule has 81 heavy (non-hydrogen) atoms. The van der Waals surface area contributed by atoms with E-state index in [1.165, 1.54) is 283 Å². The standard InChI is InChI=1S/C75H140O6/c1-4-7-10-13-16-19-22-25-28-30-31-32-33-34-35-36-37-38-39-40-41-42-43-45-47-50-53-56-59-62-65-68-74(77)80-71-72(70-79-73(76)67-64-61-58-55-52-49-46-27-24-21-18-15-12-9-6-3)81-75(78)69-66-63-60-57-54-51-48-44-29-26-23-20-17-14-11-8-5-2/h8,11,17,20,26,29,72H,4-7,9-10,12-16,18-19,21-25,27-28,30-71H2,1-3H3/b11-8-,20-17-,29-26-. The van der Waals surface area contributed by atoms with Gasteiger partial charge in [-0.25, -0.2) is 0 Å². The van der Waals surface area contributed by atoms with Crippen LogP contribution < -0.4 is 0 Å². The van der Waals surface area contributed by atoms with Crippen molar-refractivity contribution in [2.75, 3.05) is 13.2 Å². The zero-order valence-corrected chi connectivity index (χ0v) is 54.8. The van der Waals surface area contributed by atoms with Gasteiger partial charge in [0.2, 0.25) is 0 Å². The second-order valence-corrected chi connectivity index (χ2v) is 24.8. The first-order chi connectivity index (χ1) is 40.0. The Labute approximate surface area is 506 Å². The minimum absolute atomic E-state index is 0.0705. The molecule has 0 amide bonds. The van der Waals surface area contributed by atoms with Crippen molar-refractivity contribution in [3.05, 3.63) is 36.5 Å². The van der Waals surface area contributed by atoms with Gasteiger partial charge < -0.3 is 14.2 Å². The second kappa shape index (κ2) is 70.1. The topological polar surface area (TPSA) is 78.9 Å². The predicted molar refractivity (Wildman–Crippen MR) is 353 cm³/mol. The molecule has 1 unspecified atom stereocenters. The van der Waals surface area contributed by atoms with Gasteiger partial charge in [-0.15, -0.1) is 0 Å². The number of hydrogen-bond donors (Lipinski definition) is 0. The molecular weight excluding hydrogens is 997 g/mol. The fraction of sp³-hybridized carbons (Fsp3) is 0.880. The molecule has 1 atom stereocenters. The first kappa shape index (κ1) is 78.6. The van der Waals surface area contributed by atoms with Crippen LogP contribution in [0.5, 0.6) is 0 Å². The van der Waals surface area contributed by atoms with Gasteiger partial charge in [-0.3, -0.25) is 14.4 Å². The number of carbonyl (C=O) groups is 3. The average molecular weight is 1140 g/mol. The number of esters is 3. The maximum Gasteiger partial charge on any atom is 0.306 e. The summed E-state index contributed by atoms with van der Waals surface area (Å²) < 4.78 is 17.0. The molecule has 0 aliphatic rings. The highest BCUT2D eigenvalue weighted by molar-refractivity contribution is 5.71. The molecule has 0 radical (unpaired) electrons. The molecule has 0 rings (SSSR count). The average Bonchev–Trinajstić information content (AvgIpc) is 3.47. The summed E-state index contributed by atoms with van der Waals surface area (Å²) in [4.78, 5) is 38.4. The molecule has 0 aromatic carbocycles. The Bertz CT molecular complexity index is 1350. The fourth-order valence-corrected chi connectivity index (χ4v) is 11.2. The van der Waals surface area contributed by atoms with Gasteiger partial charge in [0.15, 0.2) is 6.10 Å². The second-order valence-electron chi connectivity index (χ2n) is 24.8. The van der Waals surface area contributed by atoms with E-state index in [-0.39, 0.29) is 31.1 Å². The van der Waals surface area contributed by atoms with Crippen molar-refractivity contribution < 1.29 is 28.6 Å². The van der Waals surface area contributed by atoms with Crippen LogP contribution in [0.1, 0.15) is 406 Å². The van der Waals surface area contributed by atoms with Crippen LogP contribution in [0, 0.1) is 0 Å². The van der Waals surface area contributed by atoms with Crippen LogP contribution in [-0.4, -0.2) is 37.2 Å². The van der Waals surface area contributed by atoms with Gasteiger partial charge in [0.25, 0.3) is 0 Å². The molecule has 0 saturated heterocycles. The Balaban J connectivity index is 4.15. The van der Waals surface area contributed by atoms with E-state index in [4.69, 9.17) is 14.2 Å². The monoisotopic (exact) mass is 1140 g/mol. The molecular formula is C75H140O6. The lowest BCUT2D eigenvalue weighted by Crippen LogP contribution is -2.30. The Kier molecular flexibility index (Phi) is 68.1. The van der Waals surface area contributed by atoms with Crippen molar-refractivity contribution in [2.24, 2.45) is 0 Å². The van der Waals surface area contributed by atoms with Crippen LogP contribution in [-0.2, 0) is 28.6 Å². The molecule has 0 aliphatic carbocycles. The predicted octanol–water partition coefficient (Wildman–Crippen LogP) is 25.1. The van der Waals surface area contributed by atoms with Crippen LogP contribution in [0.3, 0.4) is 0 Å². The van der Waals surface area contributed by atoms with Crippen LogP contribution >= 0.6 is 0 Å². The summed E-state index contributed by atoms with van der Waals surface area (Å²) in [6, 6.07) is 0. The molecule has 0 bridgehead atoms. The quantitative estimate of drug-likeness (QED) is 0.0261. The van der Waals surface area contributed by atoms with Gasteiger partial charge in [0.1, 0.15) is 13.2 Å². The summed E-state index contributed by atoms with van der Waals surface area (Å²) in [6.07, 6.45) is 87.7. The van der Waals surface area contributed by atoms with E-state index >= 15 is 0 Å². The number of carbonyl (C=O) groups excluding carboxylic acids is 3. The molecule has 0 aliphatic heterocycles. The maximum absolute atomic E-state index is 12.9. The van der Waals surface area contributed by atoms with Crippen molar-refractivity contribution in [2.45, 2.75) is 412 Å². The third kappa shape index (κ3) is 68.3. The Morgan fingerprint density at radius 1 is 0.259 bits per heavy atom. The number of ether oxygens (including phenoxy) is 3. The van der Waals surface area contributed by atoms with Crippen molar-refractivity contribution >= 4 is 17.9 Å². The molecule has 0 spiro atoms. The fourth-order valence-electron chi connectivity index (χ4n) is 11.2. The van der Waals surface area contributed by atoms with E-state index in [9.17, 15) is 14.4 Å². The minimum Gasteiger partial charge on any atom is -0.462 e. The summed E-state index contributed by atoms with van der Waals surface area (Å²) >= 11 is 0. The van der Waals surface area contributed by atoms with Crippen molar-refractivity contribution in [1.29, 1.82) is 0 Å². The third-order valence-electron chi connectivity index (χ3n) is 16.7. The van der Waals surface area contributed by atoms with Gasteiger partial charge in [0.05, 0.1) is 0 Å². The smallest absolute Gasteiger partial charge is 0.306 e. The molecule has 0 heterocycles. The first-order valence-electron chi connectivity index (χ1n) is 36.5. The molecule has 0 aromatic rings. The molecule has 0 N–H and O–H groups in total. The Hall–Kier alpha value is -2.37. The highest BCUT2D eigenvalue weighted by Crippen LogP contribution is 2.19. The highest BCUT2D eigenvalue weighted by atomic mass is 16.6. The molecule has 476 valence electrons. The summed E-state index contributed by atoms with van der Waals surface area (Å²) in [7, 11) is 0. The van der Waals surface area contributed by atoms with Gasteiger partial charge in [0, 0.05) is 19.3 Å². The molecule has 0 aromatic heterocycles. The van der Waals surface area contributed by atoms with Crippen LogP contribution in [0.25, 0.3) is 0 Å². The maximum atomic E-state index is 12.9. The normalized spacial score (nSPS) is 12.2. The van der Waals surface area contributed by atoms with Gasteiger partial charge in [-0.2, -0.15) is 0 Å². The third-order valence-corrected chi connectivity index (χ3v) is 16.7. The van der Waals surface area contributed by atoms with E-state index in [0.717, 1.165) is 83.5 Å². The Morgan fingerprint density at radius 3 is 0.753 bits per heavy atom. The van der Waals surface area contributed by atoms with Gasteiger partial charge in [-0.1, -0.05) is 372 Å². The minimum atomic E-state index is -0.775. The van der Waals surface area contributed by atoms with Crippen molar-refractivity contribution in [3.63, 3.8) is 0 Å². The molecule has 6 heteroatoms. The largest absolute Gasteiger partial charge is 0.462 e. The van der Waals surface area contributed by atoms with Crippen molar-refractivity contribution in [3.8, 4) is 0 Å². The van der Waals surface area contributed by atoms with Crippen LogP contribution in [0.4, 0.5) is 0 Å². The summed E-state index contributed by atoms with van der Waals surface area (Å²) in [5, 5.41) is 0. The van der Waals surface area contributed by atoms with E-state index in [0.29, 0.717) is 19.3 Å². The number of allylic oxidation sites excluding steroid dienone is 6. The summed E-state index contributed by atoms with van der Waals surface area (Å²) in [5.41, 5.74) is 0. The first-order valence-corrected chi connectivity index (χ1v) is 36.5. The van der Waals surface area contributed by atoms with Crippen molar-refractivity contribution in [1.82, 2.24) is 0 Å². The number of hydrogen-bond acceptors (Lipinski definition) is 6. The SMILES string of the molecule is CC/C=C\C/C=C\C/C=C\CCCCCCCCCC(=O)OC(COC(=O)CCCCCCCCCCCCCCCCC)COC(=O)CCCCCCCCCCCCCCCCCCCCCCCCCCCCCCCCC. The van der Waals surface area contributed by atoms with Crippen LogP contribution in [0.2, 0.25) is 0 Å². The molecule has 0 saturated carbocycles. The van der Waals surface area contributed by atoms with E-state index in [1.807, 2.05) is 0 Å². The van der Waals surface area contributed by atoms with Gasteiger partial charge >= 0.3 is 17.9 Å². The summed E-state index contributed by atoms with van der Waals surface area (Å²) in [5.74, 6) is -0.850. The Morgan fingerprint density at radius 2 is 0.481 bits per heavy atom. The molecule has 6 nitrogen and oxygen atoms in total. The van der Waals surface area contributed by atoms with E-state index in [2.05, 4.69) is 57.2 Å². The van der Waals surface area contributed by atoms with Gasteiger partial charge in [-0.05, 0) is 51.4 Å². The zero-order chi connectivity index (χ0) is 58.5. The van der Waals surface area contributed by atoms with E-state index in [1.54, 1.807) is 0 Å². The number of unbranched alkanes of at least 4 members (excludes halogenated alkanes) is 51. The number of rotatable bonds is 68.